The minimum Gasteiger partial charge on any atom is -0.478 e. The number of aliphatic carboxylic acids is 1. The standard InChI is InChI=1S/C4H11O4P.C4H6O2/c1-2-3-4-8-9(5,6)7;1-3(2)4(5)6/h2-4H2,1H3,(H2,5,6,7);1H2,2H3,(H,5,6). The number of phosphoric ester groups is 1. The predicted octanol–water partition coefficient (Wildman–Crippen LogP) is 1.54. The van der Waals surface area contributed by atoms with E-state index in [1.807, 2.05) is 6.92 Å². The Balaban J connectivity index is 0. The molecule has 90 valence electrons. The summed E-state index contributed by atoms with van der Waals surface area (Å²) in [4.78, 5) is 25.9. The Morgan fingerprint density at radius 1 is 1.47 bits per heavy atom. The summed E-state index contributed by atoms with van der Waals surface area (Å²) in [6.07, 6.45) is 1.56. The molecule has 0 aromatic heterocycles. The van der Waals surface area contributed by atoms with E-state index in [9.17, 15) is 9.36 Å². The largest absolute Gasteiger partial charge is 0.478 e. The first-order chi connectivity index (χ1) is 6.70. The number of rotatable bonds is 5. The van der Waals surface area contributed by atoms with Crippen molar-refractivity contribution in [2.45, 2.75) is 26.7 Å². The van der Waals surface area contributed by atoms with Crippen molar-refractivity contribution in [1.29, 1.82) is 0 Å². The van der Waals surface area contributed by atoms with Gasteiger partial charge in [-0.3, -0.25) is 4.52 Å². The van der Waals surface area contributed by atoms with Crippen LogP contribution in [0, 0.1) is 0 Å². The van der Waals surface area contributed by atoms with Gasteiger partial charge in [0, 0.05) is 5.57 Å². The van der Waals surface area contributed by atoms with E-state index in [2.05, 4.69) is 11.1 Å². The lowest BCUT2D eigenvalue weighted by molar-refractivity contribution is -0.132. The lowest BCUT2D eigenvalue weighted by Gasteiger charge is -2.02. The van der Waals surface area contributed by atoms with Crippen LogP contribution < -0.4 is 0 Å². The molecule has 7 heteroatoms. The highest BCUT2D eigenvalue weighted by molar-refractivity contribution is 7.46. The third-order valence-corrected chi connectivity index (χ3v) is 1.64. The Bertz CT molecular complexity index is 232. The fourth-order valence-corrected chi connectivity index (χ4v) is 0.695. The Morgan fingerprint density at radius 2 is 1.87 bits per heavy atom. The monoisotopic (exact) mass is 240 g/mol. The van der Waals surface area contributed by atoms with Gasteiger partial charge >= 0.3 is 13.8 Å². The highest BCUT2D eigenvalue weighted by Crippen LogP contribution is 2.35. The molecule has 0 aromatic rings. The van der Waals surface area contributed by atoms with Crippen LogP contribution in [-0.4, -0.2) is 27.5 Å². The number of phosphoric acid groups is 1. The van der Waals surface area contributed by atoms with Crippen LogP contribution in [0.4, 0.5) is 0 Å². The van der Waals surface area contributed by atoms with Crippen molar-refractivity contribution in [3.05, 3.63) is 12.2 Å². The van der Waals surface area contributed by atoms with Crippen molar-refractivity contribution in [3.63, 3.8) is 0 Å². The molecule has 15 heavy (non-hydrogen) atoms. The van der Waals surface area contributed by atoms with E-state index < -0.39 is 13.8 Å². The second-order valence-corrected chi connectivity index (χ2v) is 4.00. The molecule has 0 unspecified atom stereocenters. The first kappa shape index (κ1) is 16.7. The van der Waals surface area contributed by atoms with Crippen molar-refractivity contribution >= 4 is 13.8 Å². The van der Waals surface area contributed by atoms with Crippen LogP contribution in [0.5, 0.6) is 0 Å². The van der Waals surface area contributed by atoms with Crippen LogP contribution in [0.15, 0.2) is 12.2 Å². The van der Waals surface area contributed by atoms with Crippen LogP contribution in [0.3, 0.4) is 0 Å². The summed E-state index contributed by atoms with van der Waals surface area (Å²) in [6.45, 7) is 6.66. The van der Waals surface area contributed by atoms with Gasteiger partial charge in [0.2, 0.25) is 0 Å². The number of hydrogen-bond acceptors (Lipinski definition) is 3. The summed E-state index contributed by atoms with van der Waals surface area (Å²) < 4.78 is 14.1. The molecule has 0 spiro atoms. The van der Waals surface area contributed by atoms with Crippen LogP contribution in [0.1, 0.15) is 26.7 Å². The van der Waals surface area contributed by atoms with Crippen molar-refractivity contribution in [2.24, 2.45) is 0 Å². The topological polar surface area (TPSA) is 104 Å². The summed E-state index contributed by atoms with van der Waals surface area (Å²) in [5, 5.41) is 7.89. The van der Waals surface area contributed by atoms with Crippen molar-refractivity contribution in [1.82, 2.24) is 0 Å². The maximum absolute atomic E-state index is 9.98. The zero-order chi connectivity index (χ0) is 12.5. The van der Waals surface area contributed by atoms with E-state index in [1.165, 1.54) is 6.92 Å². The maximum atomic E-state index is 9.98. The zero-order valence-corrected chi connectivity index (χ0v) is 9.74. The van der Waals surface area contributed by atoms with E-state index in [4.69, 9.17) is 14.9 Å². The van der Waals surface area contributed by atoms with Crippen molar-refractivity contribution in [3.8, 4) is 0 Å². The molecule has 0 atom stereocenters. The van der Waals surface area contributed by atoms with Gasteiger partial charge in [-0.05, 0) is 13.3 Å². The molecule has 0 bridgehead atoms. The minimum absolute atomic E-state index is 0.140. The number of carboxylic acids is 1. The van der Waals surface area contributed by atoms with E-state index in [1.54, 1.807) is 0 Å². The normalized spacial score (nSPS) is 10.1. The number of hydrogen-bond donors (Lipinski definition) is 3. The molecule has 0 rings (SSSR count). The summed E-state index contributed by atoms with van der Waals surface area (Å²) in [5.41, 5.74) is 0.176. The number of carbonyl (C=O) groups is 1. The minimum atomic E-state index is -4.20. The average Bonchev–Trinajstić information content (AvgIpc) is 2.03. The van der Waals surface area contributed by atoms with Crippen molar-refractivity contribution < 1.29 is 28.8 Å². The molecule has 6 nitrogen and oxygen atoms in total. The summed E-state index contributed by atoms with van der Waals surface area (Å²) >= 11 is 0. The number of carboxylic acid groups (broad SMARTS) is 1. The van der Waals surface area contributed by atoms with Gasteiger partial charge in [0.05, 0.1) is 6.61 Å². The Hall–Kier alpha value is -0.680. The predicted molar refractivity (Wildman–Crippen MR) is 55.4 cm³/mol. The lowest BCUT2D eigenvalue weighted by atomic mass is 10.4. The fraction of sp³-hybridized carbons (Fsp3) is 0.625. The second-order valence-electron chi connectivity index (χ2n) is 2.76. The molecule has 0 amide bonds. The molecule has 0 heterocycles. The van der Waals surface area contributed by atoms with E-state index >= 15 is 0 Å². The van der Waals surface area contributed by atoms with Gasteiger partial charge in [-0.2, -0.15) is 0 Å². The van der Waals surface area contributed by atoms with Crippen LogP contribution in [-0.2, 0) is 13.9 Å². The Morgan fingerprint density at radius 3 is 2.07 bits per heavy atom. The van der Waals surface area contributed by atoms with Gasteiger partial charge in [0.1, 0.15) is 0 Å². The molecular formula is C8H17O6P. The highest BCUT2D eigenvalue weighted by Gasteiger charge is 2.11. The van der Waals surface area contributed by atoms with Gasteiger partial charge < -0.3 is 14.9 Å². The summed E-state index contributed by atoms with van der Waals surface area (Å²) in [6, 6.07) is 0. The van der Waals surface area contributed by atoms with E-state index in [0.29, 0.717) is 6.42 Å². The van der Waals surface area contributed by atoms with Crippen LogP contribution in [0.2, 0.25) is 0 Å². The van der Waals surface area contributed by atoms with E-state index in [-0.39, 0.29) is 12.2 Å². The summed E-state index contributed by atoms with van der Waals surface area (Å²) in [5.74, 6) is -0.935. The molecule has 0 aromatic carbocycles. The van der Waals surface area contributed by atoms with Crippen molar-refractivity contribution in [2.75, 3.05) is 6.61 Å². The lowest BCUT2D eigenvalue weighted by Crippen LogP contribution is -1.92. The summed E-state index contributed by atoms with van der Waals surface area (Å²) in [7, 11) is -4.20. The molecule has 0 radical (unpaired) electrons. The molecular weight excluding hydrogens is 223 g/mol. The molecule has 0 aliphatic rings. The van der Waals surface area contributed by atoms with Gasteiger partial charge in [0.15, 0.2) is 0 Å². The molecule has 0 fully saturated rings. The quantitative estimate of drug-likeness (QED) is 0.382. The Labute approximate surface area is 88.8 Å². The molecule has 0 aliphatic heterocycles. The third kappa shape index (κ3) is 19.7. The van der Waals surface area contributed by atoms with Gasteiger partial charge in [-0.25, -0.2) is 9.36 Å². The molecule has 0 saturated heterocycles. The molecule has 3 N–H and O–H groups in total. The van der Waals surface area contributed by atoms with Crippen LogP contribution >= 0.6 is 7.82 Å². The van der Waals surface area contributed by atoms with Gasteiger partial charge in [0.25, 0.3) is 0 Å². The van der Waals surface area contributed by atoms with E-state index in [0.717, 1.165) is 6.42 Å². The first-order valence-corrected chi connectivity index (χ1v) is 5.82. The van der Waals surface area contributed by atoms with Crippen LogP contribution in [0.25, 0.3) is 0 Å². The third-order valence-electron chi connectivity index (χ3n) is 1.12. The zero-order valence-electron chi connectivity index (χ0n) is 8.84. The smallest absolute Gasteiger partial charge is 0.469 e. The van der Waals surface area contributed by atoms with Gasteiger partial charge in [-0.15, -0.1) is 0 Å². The fourth-order valence-electron chi connectivity index (χ4n) is 0.328. The van der Waals surface area contributed by atoms with Gasteiger partial charge in [-0.1, -0.05) is 19.9 Å². The Kier molecular flexibility index (Phi) is 9.61. The SMILES string of the molecule is C=C(C)C(=O)O.CCCCOP(=O)(O)O. The average molecular weight is 240 g/mol. The number of unbranched alkanes of at least 4 members (excludes halogenated alkanes) is 1. The molecule has 0 saturated carbocycles. The first-order valence-electron chi connectivity index (χ1n) is 4.29. The second kappa shape index (κ2) is 8.61. The molecule has 0 aliphatic carbocycles. The highest BCUT2D eigenvalue weighted by atomic mass is 31.2. The maximum Gasteiger partial charge on any atom is 0.469 e.